The highest BCUT2D eigenvalue weighted by Crippen LogP contribution is 2.17. The first kappa shape index (κ1) is 6.38. The van der Waals surface area contributed by atoms with Crippen molar-refractivity contribution in [2.75, 3.05) is 0 Å². The van der Waals surface area contributed by atoms with Gasteiger partial charge in [0.25, 0.3) is 0 Å². The van der Waals surface area contributed by atoms with Crippen LogP contribution in [0.1, 0.15) is 27.2 Å². The van der Waals surface area contributed by atoms with Crippen LogP contribution in [-0.2, 0) is 0 Å². The van der Waals surface area contributed by atoms with E-state index in [-0.39, 0.29) is 0 Å². The molecule has 9 heavy (non-hydrogen) atoms. The topological polar surface area (TPSA) is 0 Å². The van der Waals surface area contributed by atoms with Crippen molar-refractivity contribution >= 4 is 0 Å². The minimum Gasteiger partial charge on any atom is -0.121 e. The van der Waals surface area contributed by atoms with Crippen molar-refractivity contribution in [1.29, 1.82) is 0 Å². The average molecular weight is 120 g/mol. The summed E-state index contributed by atoms with van der Waals surface area (Å²) in [4.78, 5) is 0. The maximum absolute atomic E-state index is 3.20. The van der Waals surface area contributed by atoms with E-state index in [2.05, 4.69) is 32.6 Å². The van der Waals surface area contributed by atoms with E-state index in [4.69, 9.17) is 0 Å². The highest BCUT2D eigenvalue weighted by molar-refractivity contribution is 5.30. The molecular weight excluding hydrogens is 108 g/mol. The summed E-state index contributed by atoms with van der Waals surface area (Å²) in [6.07, 6.45) is 3.18. The molecule has 48 valence electrons. The fourth-order valence-corrected chi connectivity index (χ4v) is 0.943. The summed E-state index contributed by atoms with van der Waals surface area (Å²) in [5.41, 5.74) is 7.39. The van der Waals surface area contributed by atoms with E-state index in [0.29, 0.717) is 0 Å². The summed E-state index contributed by atoms with van der Waals surface area (Å²) in [6.45, 7) is 6.43. The van der Waals surface area contributed by atoms with Crippen molar-refractivity contribution in [3.63, 3.8) is 0 Å². The summed E-state index contributed by atoms with van der Waals surface area (Å²) in [6, 6.07) is 0. The van der Waals surface area contributed by atoms with Gasteiger partial charge in [-0.05, 0) is 44.4 Å². The molecule has 1 rings (SSSR count). The van der Waals surface area contributed by atoms with Gasteiger partial charge in [0, 0.05) is 0 Å². The van der Waals surface area contributed by atoms with Crippen molar-refractivity contribution in [2.24, 2.45) is 0 Å². The summed E-state index contributed by atoms with van der Waals surface area (Å²) >= 11 is 0. The Morgan fingerprint density at radius 3 is 2.44 bits per heavy atom. The van der Waals surface area contributed by atoms with Crippen LogP contribution in [0.4, 0.5) is 0 Å². The van der Waals surface area contributed by atoms with E-state index in [1.54, 1.807) is 0 Å². The second-order valence-corrected chi connectivity index (χ2v) is 2.71. The fraction of sp³-hybridized carbons (Fsp3) is 0.444. The molecule has 1 aliphatic rings. The summed E-state index contributed by atoms with van der Waals surface area (Å²) in [5, 5.41) is 0. The number of rotatable bonds is 0. The van der Waals surface area contributed by atoms with Crippen LogP contribution in [-0.4, -0.2) is 0 Å². The summed E-state index contributed by atoms with van der Waals surface area (Å²) in [5.74, 6) is 0. The zero-order valence-electron chi connectivity index (χ0n) is 6.28. The largest absolute Gasteiger partial charge is 0.121 e. The molecule has 0 saturated heterocycles. The number of hydrogen-bond acceptors (Lipinski definition) is 0. The van der Waals surface area contributed by atoms with Crippen LogP contribution in [0.3, 0.4) is 0 Å². The van der Waals surface area contributed by atoms with E-state index in [1.165, 1.54) is 16.7 Å². The van der Waals surface area contributed by atoms with Gasteiger partial charge in [-0.15, -0.1) is 5.73 Å². The van der Waals surface area contributed by atoms with Crippen molar-refractivity contribution in [3.05, 3.63) is 28.5 Å². The molecule has 0 aliphatic heterocycles. The summed E-state index contributed by atoms with van der Waals surface area (Å²) in [7, 11) is 0. The van der Waals surface area contributed by atoms with Gasteiger partial charge in [-0.25, -0.2) is 0 Å². The molecule has 0 heterocycles. The third-order valence-corrected chi connectivity index (χ3v) is 1.74. The molecule has 0 heteroatoms. The second-order valence-electron chi connectivity index (χ2n) is 2.71. The van der Waals surface area contributed by atoms with Crippen LogP contribution in [0.2, 0.25) is 0 Å². The van der Waals surface area contributed by atoms with E-state index < -0.39 is 0 Å². The Morgan fingerprint density at radius 2 is 2.00 bits per heavy atom. The highest BCUT2D eigenvalue weighted by Gasteiger charge is 1.98. The Morgan fingerprint density at radius 1 is 1.33 bits per heavy atom. The van der Waals surface area contributed by atoms with Crippen molar-refractivity contribution in [3.8, 4) is 0 Å². The third-order valence-electron chi connectivity index (χ3n) is 1.74. The molecule has 0 amide bonds. The molecule has 0 saturated carbocycles. The van der Waals surface area contributed by atoms with Gasteiger partial charge in [0.2, 0.25) is 0 Å². The van der Waals surface area contributed by atoms with Crippen LogP contribution in [0, 0.1) is 0 Å². The van der Waals surface area contributed by atoms with Crippen LogP contribution in [0.5, 0.6) is 0 Å². The van der Waals surface area contributed by atoms with E-state index in [0.717, 1.165) is 6.42 Å². The third kappa shape index (κ3) is 1.34. The van der Waals surface area contributed by atoms with Crippen molar-refractivity contribution in [2.45, 2.75) is 27.2 Å². The van der Waals surface area contributed by atoms with E-state index >= 15 is 0 Å². The van der Waals surface area contributed by atoms with Crippen LogP contribution >= 0.6 is 0 Å². The predicted molar refractivity (Wildman–Crippen MR) is 40.3 cm³/mol. The molecule has 0 radical (unpaired) electrons. The minimum absolute atomic E-state index is 1.11. The molecule has 0 bridgehead atoms. The highest BCUT2D eigenvalue weighted by atomic mass is 14.0. The first-order valence-electron chi connectivity index (χ1n) is 3.28. The Bertz CT molecular complexity index is 210. The van der Waals surface area contributed by atoms with Gasteiger partial charge < -0.3 is 0 Å². The monoisotopic (exact) mass is 120 g/mol. The minimum atomic E-state index is 1.11. The van der Waals surface area contributed by atoms with E-state index in [9.17, 15) is 0 Å². The Labute approximate surface area is 56.6 Å². The quantitative estimate of drug-likeness (QED) is 0.431. The standard InChI is InChI=1S/C9H12/c1-7-4-5-8(2)9(3)6-7/h5H,6H2,1-3H3. The van der Waals surface area contributed by atoms with Gasteiger partial charge in [0.1, 0.15) is 0 Å². The molecule has 0 fully saturated rings. The zero-order valence-corrected chi connectivity index (χ0v) is 6.28. The van der Waals surface area contributed by atoms with Crippen molar-refractivity contribution in [1.82, 2.24) is 0 Å². The van der Waals surface area contributed by atoms with Gasteiger partial charge in [-0.1, -0.05) is 5.57 Å². The molecule has 0 unspecified atom stereocenters. The molecule has 0 aromatic rings. The molecule has 0 N–H and O–H groups in total. The molecule has 0 aromatic heterocycles. The molecule has 0 aromatic carbocycles. The lowest BCUT2D eigenvalue weighted by molar-refractivity contribution is 1.07. The van der Waals surface area contributed by atoms with Gasteiger partial charge >= 0.3 is 0 Å². The van der Waals surface area contributed by atoms with Crippen LogP contribution in [0.25, 0.3) is 0 Å². The van der Waals surface area contributed by atoms with Crippen LogP contribution in [0.15, 0.2) is 28.5 Å². The smallest absolute Gasteiger partial charge is 0.00318 e. The molecule has 1 aliphatic carbocycles. The predicted octanol–water partition coefficient (Wildman–Crippen LogP) is 2.83. The molecule has 0 nitrogen and oxygen atoms in total. The lowest BCUT2D eigenvalue weighted by Gasteiger charge is -2.06. The maximum atomic E-state index is 3.20. The molecule has 0 spiro atoms. The number of allylic oxidation sites excluding steroid dienone is 3. The van der Waals surface area contributed by atoms with Crippen molar-refractivity contribution < 1.29 is 0 Å². The second kappa shape index (κ2) is 2.24. The van der Waals surface area contributed by atoms with Crippen LogP contribution < -0.4 is 0 Å². The molecular formula is C9H12. The van der Waals surface area contributed by atoms with Gasteiger partial charge in [-0.3, -0.25) is 0 Å². The summed E-state index contributed by atoms with van der Waals surface area (Å²) < 4.78 is 0. The van der Waals surface area contributed by atoms with E-state index in [1.807, 2.05) is 0 Å². The fourth-order valence-electron chi connectivity index (χ4n) is 0.943. The first-order chi connectivity index (χ1) is 4.20. The van der Waals surface area contributed by atoms with Gasteiger partial charge in [0.05, 0.1) is 0 Å². The normalized spacial score (nSPS) is 18.3. The Hall–Kier alpha value is -0.740. The zero-order chi connectivity index (χ0) is 6.85. The average Bonchev–Trinajstić information content (AvgIpc) is 1.80. The number of hydrogen-bond donors (Lipinski definition) is 0. The SMILES string of the molecule is CC1=C=CC(C)=C(C)C1. The first-order valence-corrected chi connectivity index (χ1v) is 3.28. The molecule has 0 atom stereocenters. The lowest BCUT2D eigenvalue weighted by Crippen LogP contribution is -1.86. The Kier molecular flexibility index (Phi) is 1.59. The van der Waals surface area contributed by atoms with Gasteiger partial charge in [0.15, 0.2) is 0 Å². The lowest BCUT2D eigenvalue weighted by atomic mass is 10.00. The maximum Gasteiger partial charge on any atom is -0.00318 e. The van der Waals surface area contributed by atoms with Gasteiger partial charge in [-0.2, -0.15) is 0 Å². The Balaban J connectivity index is 2.96.